The number of methoxy groups -OCH3 is 1. The van der Waals surface area contributed by atoms with E-state index in [4.69, 9.17) is 21.1 Å². The molecular weight excluding hydrogens is 404 g/mol. The molecule has 3 heterocycles. The van der Waals surface area contributed by atoms with Gasteiger partial charge in [0.15, 0.2) is 0 Å². The fourth-order valence-electron chi connectivity index (χ4n) is 3.88. The Morgan fingerprint density at radius 1 is 1.20 bits per heavy atom. The Hall–Kier alpha value is -2.64. The third kappa shape index (κ3) is 4.27. The van der Waals surface area contributed by atoms with E-state index in [1.54, 1.807) is 20.1 Å². The molecule has 4 rings (SSSR count). The lowest BCUT2D eigenvalue weighted by atomic mass is 10.2. The number of aromatic nitrogens is 3. The molecule has 1 saturated heterocycles. The van der Waals surface area contributed by atoms with Crippen molar-refractivity contribution in [3.8, 4) is 17.2 Å². The largest absolute Gasteiger partial charge is 0.494 e. The predicted molar refractivity (Wildman–Crippen MR) is 117 cm³/mol. The van der Waals surface area contributed by atoms with E-state index in [-0.39, 0.29) is 10.7 Å². The summed E-state index contributed by atoms with van der Waals surface area (Å²) in [5, 5.41) is 0.659. The van der Waals surface area contributed by atoms with Crippen LogP contribution in [0.15, 0.2) is 35.3 Å². The molecule has 30 heavy (non-hydrogen) atoms. The molecule has 1 aromatic carbocycles. The normalized spacial score (nSPS) is 14.4. The zero-order valence-corrected chi connectivity index (χ0v) is 18.0. The number of benzene rings is 1. The van der Waals surface area contributed by atoms with Gasteiger partial charge in [0.05, 0.1) is 36.5 Å². The molecule has 0 bridgehead atoms. The number of hydrogen-bond donors (Lipinski definition) is 0. The summed E-state index contributed by atoms with van der Waals surface area (Å²) >= 11 is 5.98. The molecule has 0 N–H and O–H groups in total. The first-order valence-electron chi connectivity index (χ1n) is 10.2. The van der Waals surface area contributed by atoms with Crippen LogP contribution in [-0.4, -0.2) is 52.8 Å². The van der Waals surface area contributed by atoms with Crippen LogP contribution in [0.3, 0.4) is 0 Å². The Labute approximate surface area is 180 Å². The molecule has 1 aliphatic heterocycles. The van der Waals surface area contributed by atoms with Crippen LogP contribution in [0.25, 0.3) is 16.6 Å². The molecule has 7 nitrogen and oxygen atoms in total. The minimum atomic E-state index is -0.223. The van der Waals surface area contributed by atoms with E-state index >= 15 is 0 Å². The van der Waals surface area contributed by atoms with Crippen molar-refractivity contribution in [3.63, 3.8) is 0 Å². The Bertz CT molecular complexity index is 1110. The summed E-state index contributed by atoms with van der Waals surface area (Å²) < 4.78 is 13.0. The maximum Gasteiger partial charge on any atom is 0.266 e. The highest BCUT2D eigenvalue weighted by Gasteiger charge is 2.16. The highest BCUT2D eigenvalue weighted by molar-refractivity contribution is 6.30. The second-order valence-corrected chi connectivity index (χ2v) is 7.80. The SMILES string of the molecule is COc1cc(OCCCN2CCCC2)ccc1-n1c(C)nc2cnc(Cl)cc2c1=O. The number of nitrogens with zero attached hydrogens (tertiary/aromatic N) is 4. The van der Waals surface area contributed by atoms with Gasteiger partial charge >= 0.3 is 0 Å². The molecule has 0 amide bonds. The average molecular weight is 429 g/mol. The lowest BCUT2D eigenvalue weighted by molar-refractivity contribution is 0.262. The zero-order valence-electron chi connectivity index (χ0n) is 17.2. The zero-order chi connectivity index (χ0) is 21.1. The minimum Gasteiger partial charge on any atom is -0.494 e. The van der Waals surface area contributed by atoms with Gasteiger partial charge in [-0.25, -0.2) is 9.97 Å². The van der Waals surface area contributed by atoms with Gasteiger partial charge in [-0.1, -0.05) is 11.6 Å². The number of rotatable bonds is 7. The van der Waals surface area contributed by atoms with Crippen molar-refractivity contribution >= 4 is 22.5 Å². The molecule has 2 aromatic heterocycles. The summed E-state index contributed by atoms with van der Waals surface area (Å²) in [5.41, 5.74) is 0.890. The summed E-state index contributed by atoms with van der Waals surface area (Å²) in [4.78, 5) is 24.1. The monoisotopic (exact) mass is 428 g/mol. The molecule has 0 saturated carbocycles. The van der Waals surface area contributed by atoms with E-state index in [2.05, 4.69) is 14.9 Å². The minimum absolute atomic E-state index is 0.223. The quantitative estimate of drug-likeness (QED) is 0.423. The van der Waals surface area contributed by atoms with Gasteiger partial charge in [0.1, 0.15) is 22.5 Å². The molecular formula is C22H25ClN4O3. The van der Waals surface area contributed by atoms with Crippen LogP contribution in [0.4, 0.5) is 0 Å². The average Bonchev–Trinajstić information content (AvgIpc) is 3.26. The number of aryl methyl sites for hydroxylation is 1. The Balaban J connectivity index is 1.58. The van der Waals surface area contributed by atoms with Crippen LogP contribution in [0.5, 0.6) is 11.5 Å². The predicted octanol–water partition coefficient (Wildman–Crippen LogP) is 3.62. The Kier molecular flexibility index (Phi) is 6.20. The fourth-order valence-corrected chi connectivity index (χ4v) is 4.03. The van der Waals surface area contributed by atoms with Crippen molar-refractivity contribution in [2.45, 2.75) is 26.2 Å². The van der Waals surface area contributed by atoms with Gasteiger partial charge in [0.25, 0.3) is 5.56 Å². The molecule has 1 aliphatic rings. The van der Waals surface area contributed by atoms with Crippen LogP contribution < -0.4 is 15.0 Å². The van der Waals surface area contributed by atoms with Crippen molar-refractivity contribution in [2.24, 2.45) is 0 Å². The first-order valence-corrected chi connectivity index (χ1v) is 10.5. The molecule has 3 aromatic rings. The number of halogens is 1. The smallest absolute Gasteiger partial charge is 0.266 e. The molecule has 1 fully saturated rings. The van der Waals surface area contributed by atoms with Crippen LogP contribution in [0.1, 0.15) is 25.1 Å². The molecule has 158 valence electrons. The summed E-state index contributed by atoms with van der Waals surface area (Å²) in [6.45, 7) is 5.86. The lowest BCUT2D eigenvalue weighted by Gasteiger charge is -2.17. The topological polar surface area (TPSA) is 69.5 Å². The van der Waals surface area contributed by atoms with E-state index in [9.17, 15) is 4.79 Å². The van der Waals surface area contributed by atoms with Gasteiger partial charge in [0, 0.05) is 12.6 Å². The van der Waals surface area contributed by atoms with Gasteiger partial charge < -0.3 is 14.4 Å². The first kappa shape index (κ1) is 20.6. The number of fused-ring (bicyclic) bond motifs is 1. The van der Waals surface area contributed by atoms with E-state index in [1.807, 2.05) is 12.1 Å². The van der Waals surface area contributed by atoms with Gasteiger partial charge in [-0.15, -0.1) is 0 Å². The molecule has 0 atom stereocenters. The van der Waals surface area contributed by atoms with Crippen molar-refractivity contribution in [2.75, 3.05) is 33.4 Å². The molecule has 0 aliphatic carbocycles. The highest BCUT2D eigenvalue weighted by Crippen LogP contribution is 2.28. The second kappa shape index (κ2) is 9.02. The van der Waals surface area contributed by atoms with E-state index < -0.39 is 0 Å². The summed E-state index contributed by atoms with van der Waals surface area (Å²) in [6.07, 6.45) is 5.08. The molecule has 0 radical (unpaired) electrons. The molecule has 8 heteroatoms. The number of pyridine rings is 1. The van der Waals surface area contributed by atoms with Crippen molar-refractivity contribution in [1.82, 2.24) is 19.4 Å². The van der Waals surface area contributed by atoms with Crippen LogP contribution in [0.2, 0.25) is 5.15 Å². The van der Waals surface area contributed by atoms with Crippen molar-refractivity contribution in [1.29, 1.82) is 0 Å². The third-order valence-electron chi connectivity index (χ3n) is 5.37. The number of ether oxygens (including phenoxy) is 2. The summed E-state index contributed by atoms with van der Waals surface area (Å²) in [7, 11) is 1.58. The maximum atomic E-state index is 13.1. The first-order chi connectivity index (χ1) is 14.6. The number of hydrogen-bond acceptors (Lipinski definition) is 6. The lowest BCUT2D eigenvalue weighted by Crippen LogP contribution is -2.23. The van der Waals surface area contributed by atoms with Crippen molar-refractivity contribution in [3.05, 3.63) is 51.8 Å². The highest BCUT2D eigenvalue weighted by atomic mass is 35.5. The van der Waals surface area contributed by atoms with Crippen LogP contribution in [-0.2, 0) is 0 Å². The Morgan fingerprint density at radius 3 is 2.77 bits per heavy atom. The van der Waals surface area contributed by atoms with E-state index in [1.165, 1.54) is 42.8 Å². The van der Waals surface area contributed by atoms with Gasteiger partial charge in [0.2, 0.25) is 0 Å². The van der Waals surface area contributed by atoms with Gasteiger partial charge in [-0.05, 0) is 57.5 Å². The summed E-state index contributed by atoms with van der Waals surface area (Å²) in [6, 6.07) is 7.01. The fraction of sp³-hybridized carbons (Fsp3) is 0.409. The Morgan fingerprint density at radius 2 is 2.00 bits per heavy atom. The van der Waals surface area contributed by atoms with Crippen molar-refractivity contribution < 1.29 is 9.47 Å². The van der Waals surface area contributed by atoms with E-state index in [0.29, 0.717) is 40.5 Å². The second-order valence-electron chi connectivity index (χ2n) is 7.41. The third-order valence-corrected chi connectivity index (χ3v) is 5.57. The molecule has 0 spiro atoms. The van der Waals surface area contributed by atoms with E-state index in [0.717, 1.165) is 13.0 Å². The van der Waals surface area contributed by atoms with Crippen LogP contribution >= 0.6 is 11.6 Å². The summed E-state index contributed by atoms with van der Waals surface area (Å²) in [5.74, 6) is 1.79. The molecule has 0 unspecified atom stereocenters. The number of likely N-dealkylation sites (tertiary alicyclic amines) is 1. The van der Waals surface area contributed by atoms with Gasteiger partial charge in [-0.3, -0.25) is 9.36 Å². The maximum absolute atomic E-state index is 13.1. The standard InChI is InChI=1S/C22H25ClN4O3/c1-15-25-18-14-24-21(23)13-17(18)22(28)27(15)19-7-6-16(12-20(19)29-2)30-11-5-10-26-8-3-4-9-26/h6-7,12-14H,3-5,8-11H2,1-2H3. The van der Waals surface area contributed by atoms with Crippen LogP contribution in [0, 0.1) is 6.92 Å². The van der Waals surface area contributed by atoms with Gasteiger partial charge in [-0.2, -0.15) is 0 Å².